The van der Waals surface area contributed by atoms with E-state index in [1.807, 2.05) is 23.1 Å². The lowest BCUT2D eigenvalue weighted by Crippen LogP contribution is -2.38. The third-order valence-electron chi connectivity index (χ3n) is 5.11. The number of nitrogens with one attached hydrogen (secondary N) is 1. The van der Waals surface area contributed by atoms with Crippen LogP contribution in [-0.4, -0.2) is 47.6 Å². The van der Waals surface area contributed by atoms with Gasteiger partial charge in [0.25, 0.3) is 5.91 Å². The van der Waals surface area contributed by atoms with E-state index in [9.17, 15) is 4.79 Å². The van der Waals surface area contributed by atoms with E-state index in [0.29, 0.717) is 43.3 Å². The molecule has 0 radical (unpaired) electrons. The molecule has 1 unspecified atom stereocenters. The maximum Gasteiger partial charge on any atom is 0.254 e. The summed E-state index contributed by atoms with van der Waals surface area (Å²) in [5, 5.41) is 0. The van der Waals surface area contributed by atoms with Crippen LogP contribution >= 0.6 is 24.8 Å². The molecule has 3 N–H and O–H groups in total. The van der Waals surface area contributed by atoms with Gasteiger partial charge in [0.2, 0.25) is 0 Å². The van der Waals surface area contributed by atoms with Gasteiger partial charge in [0.1, 0.15) is 6.61 Å². The first-order valence-corrected chi connectivity index (χ1v) is 9.58. The normalized spacial score (nSPS) is 14.6. The Hall–Kier alpha value is -2.74. The number of hydrogen-bond acceptors (Lipinski definition) is 5. The number of aromatic nitrogens is 2. The third-order valence-corrected chi connectivity index (χ3v) is 5.11. The van der Waals surface area contributed by atoms with E-state index in [-0.39, 0.29) is 36.6 Å². The molecule has 9 heteroatoms. The fourth-order valence-corrected chi connectivity index (χ4v) is 3.70. The van der Waals surface area contributed by atoms with Crippen LogP contribution in [0.1, 0.15) is 33.2 Å². The number of H-pyrrole nitrogens is 1. The number of ether oxygens (including phenoxy) is 2. The zero-order chi connectivity index (χ0) is 20.2. The van der Waals surface area contributed by atoms with Crippen LogP contribution in [0.25, 0.3) is 0 Å². The lowest BCUT2D eigenvalue weighted by Gasteiger charge is -2.32. The predicted molar refractivity (Wildman–Crippen MR) is 124 cm³/mol. The van der Waals surface area contributed by atoms with Gasteiger partial charge in [-0.3, -0.25) is 4.79 Å². The van der Waals surface area contributed by atoms with Crippen molar-refractivity contribution < 1.29 is 14.3 Å². The second kappa shape index (κ2) is 11.0. The molecule has 0 spiro atoms. The lowest BCUT2D eigenvalue weighted by molar-refractivity contribution is 0.0721. The molecule has 2 heterocycles. The molecule has 3 aromatic rings. The second-order valence-electron chi connectivity index (χ2n) is 6.92. The molecule has 0 saturated heterocycles. The standard InChI is InChI=1S/C22H24N4O3.2ClH/c1-28-19-8-7-16(11-20(19)29-10-9-23)22(27)26-12-17(15-5-3-2-4-6-15)21-18(13-26)24-14-25-21;;/h2-8,11,14,17H,9-10,12-13,23H2,1H3,(H,24,25);2*1H. The molecular weight excluding hydrogens is 439 g/mol. The minimum atomic E-state index is -0.0635. The largest absolute Gasteiger partial charge is 0.493 e. The van der Waals surface area contributed by atoms with Gasteiger partial charge in [-0.2, -0.15) is 0 Å². The van der Waals surface area contributed by atoms with Gasteiger partial charge in [-0.15, -0.1) is 24.8 Å². The molecule has 0 aliphatic carbocycles. The van der Waals surface area contributed by atoms with Gasteiger partial charge in [-0.25, -0.2) is 4.98 Å². The van der Waals surface area contributed by atoms with Crippen LogP contribution in [0.5, 0.6) is 11.5 Å². The van der Waals surface area contributed by atoms with Crippen molar-refractivity contribution in [3.63, 3.8) is 0 Å². The van der Waals surface area contributed by atoms with Gasteiger partial charge in [-0.05, 0) is 23.8 Å². The van der Waals surface area contributed by atoms with Crippen LogP contribution in [0.2, 0.25) is 0 Å². The Labute approximate surface area is 193 Å². The first-order valence-electron chi connectivity index (χ1n) is 9.58. The highest BCUT2D eigenvalue weighted by Gasteiger charge is 2.32. The van der Waals surface area contributed by atoms with E-state index in [0.717, 1.165) is 17.0 Å². The molecular formula is C22H26Cl2N4O3. The van der Waals surface area contributed by atoms with Crippen molar-refractivity contribution in [3.05, 3.63) is 77.4 Å². The Balaban J connectivity index is 0.00000171. The molecule has 7 nitrogen and oxygen atoms in total. The smallest absolute Gasteiger partial charge is 0.254 e. The average Bonchev–Trinajstić information content (AvgIpc) is 3.25. The minimum absolute atomic E-state index is 0. The van der Waals surface area contributed by atoms with Crippen molar-refractivity contribution in [1.29, 1.82) is 0 Å². The second-order valence-corrected chi connectivity index (χ2v) is 6.92. The van der Waals surface area contributed by atoms with E-state index in [1.54, 1.807) is 31.6 Å². The summed E-state index contributed by atoms with van der Waals surface area (Å²) >= 11 is 0. The molecule has 166 valence electrons. The van der Waals surface area contributed by atoms with Crippen molar-refractivity contribution in [1.82, 2.24) is 14.9 Å². The van der Waals surface area contributed by atoms with Gasteiger partial charge < -0.3 is 25.1 Å². The molecule has 0 saturated carbocycles. The molecule has 1 aromatic heterocycles. The van der Waals surface area contributed by atoms with Gasteiger partial charge >= 0.3 is 0 Å². The third kappa shape index (κ3) is 5.12. The van der Waals surface area contributed by atoms with Crippen LogP contribution in [-0.2, 0) is 6.54 Å². The summed E-state index contributed by atoms with van der Waals surface area (Å²) in [5.41, 5.74) is 9.19. The van der Waals surface area contributed by atoms with Crippen LogP contribution in [0.3, 0.4) is 0 Å². The van der Waals surface area contributed by atoms with Crippen molar-refractivity contribution in [2.24, 2.45) is 5.73 Å². The number of carbonyl (C=O) groups is 1. The van der Waals surface area contributed by atoms with Crippen molar-refractivity contribution in [2.45, 2.75) is 12.5 Å². The zero-order valence-electron chi connectivity index (χ0n) is 17.1. The van der Waals surface area contributed by atoms with Gasteiger partial charge in [0.15, 0.2) is 11.5 Å². The molecule has 1 aliphatic heterocycles. The number of halogens is 2. The van der Waals surface area contributed by atoms with Crippen LogP contribution < -0.4 is 15.2 Å². The molecule has 1 atom stereocenters. The Kier molecular flexibility index (Phi) is 8.74. The van der Waals surface area contributed by atoms with Crippen LogP contribution in [0.15, 0.2) is 54.9 Å². The molecule has 0 fully saturated rings. The number of nitrogens with zero attached hydrogens (tertiary/aromatic N) is 2. The number of rotatable bonds is 6. The molecule has 31 heavy (non-hydrogen) atoms. The summed E-state index contributed by atoms with van der Waals surface area (Å²) in [7, 11) is 1.57. The molecule has 2 aromatic carbocycles. The van der Waals surface area contributed by atoms with E-state index >= 15 is 0 Å². The van der Waals surface area contributed by atoms with Gasteiger partial charge in [0.05, 0.1) is 31.4 Å². The molecule has 4 rings (SSSR count). The van der Waals surface area contributed by atoms with E-state index < -0.39 is 0 Å². The topological polar surface area (TPSA) is 93.5 Å². The fraction of sp³-hybridized carbons (Fsp3) is 0.273. The number of carbonyl (C=O) groups excluding carboxylic acids is 1. The fourth-order valence-electron chi connectivity index (χ4n) is 3.70. The predicted octanol–water partition coefficient (Wildman–Crippen LogP) is 3.39. The minimum Gasteiger partial charge on any atom is -0.493 e. The highest BCUT2D eigenvalue weighted by Crippen LogP contribution is 2.33. The van der Waals surface area contributed by atoms with Crippen LogP contribution in [0, 0.1) is 0 Å². The average molecular weight is 465 g/mol. The van der Waals surface area contributed by atoms with Crippen molar-refractivity contribution in [2.75, 3.05) is 26.8 Å². The Morgan fingerprint density at radius 1 is 1.19 bits per heavy atom. The van der Waals surface area contributed by atoms with E-state index in [1.165, 1.54) is 0 Å². The summed E-state index contributed by atoms with van der Waals surface area (Å²) in [6.07, 6.45) is 1.70. The van der Waals surface area contributed by atoms with Gasteiger partial charge in [0, 0.05) is 24.6 Å². The number of hydrogen-bond donors (Lipinski definition) is 2. The number of benzene rings is 2. The van der Waals surface area contributed by atoms with E-state index in [2.05, 4.69) is 22.1 Å². The molecule has 0 bridgehead atoms. The maximum absolute atomic E-state index is 13.3. The number of amides is 1. The Morgan fingerprint density at radius 2 is 1.97 bits per heavy atom. The zero-order valence-corrected chi connectivity index (χ0v) is 18.7. The number of nitrogens with two attached hydrogens (primary N) is 1. The first-order chi connectivity index (χ1) is 14.2. The molecule has 1 amide bonds. The van der Waals surface area contributed by atoms with Crippen molar-refractivity contribution in [3.8, 4) is 11.5 Å². The summed E-state index contributed by atoms with van der Waals surface area (Å²) < 4.78 is 11.0. The monoisotopic (exact) mass is 464 g/mol. The van der Waals surface area contributed by atoms with E-state index in [4.69, 9.17) is 15.2 Å². The summed E-state index contributed by atoms with van der Waals surface area (Å²) in [6, 6.07) is 15.4. The Bertz CT molecular complexity index is 997. The lowest BCUT2D eigenvalue weighted by atomic mass is 9.90. The number of imidazole rings is 1. The summed E-state index contributed by atoms with van der Waals surface area (Å²) in [5.74, 6) is 1.06. The summed E-state index contributed by atoms with van der Waals surface area (Å²) in [4.78, 5) is 22.8. The van der Waals surface area contributed by atoms with Gasteiger partial charge in [-0.1, -0.05) is 30.3 Å². The number of fused-ring (bicyclic) bond motifs is 1. The number of methoxy groups -OCH3 is 1. The SMILES string of the molecule is COc1ccc(C(=O)N2Cc3[nH]cnc3C(c3ccccc3)C2)cc1OCCN.Cl.Cl. The quantitative estimate of drug-likeness (QED) is 0.582. The highest BCUT2D eigenvalue weighted by atomic mass is 35.5. The summed E-state index contributed by atoms with van der Waals surface area (Å²) in [6.45, 7) is 1.79. The Morgan fingerprint density at radius 3 is 2.68 bits per heavy atom. The number of aromatic amines is 1. The van der Waals surface area contributed by atoms with Crippen molar-refractivity contribution >= 4 is 30.7 Å². The first kappa shape index (κ1) is 24.5. The molecule has 1 aliphatic rings. The maximum atomic E-state index is 13.3. The highest BCUT2D eigenvalue weighted by molar-refractivity contribution is 5.95. The van der Waals surface area contributed by atoms with Crippen LogP contribution in [0.4, 0.5) is 0 Å².